The minimum absolute atomic E-state index is 0.0134. The molecule has 0 aliphatic carbocycles. The van der Waals surface area contributed by atoms with Crippen molar-refractivity contribution in [2.45, 2.75) is 46.3 Å². The van der Waals surface area contributed by atoms with Crippen molar-refractivity contribution in [1.29, 1.82) is 0 Å². The lowest BCUT2D eigenvalue weighted by molar-refractivity contribution is -0.124. The third-order valence-electron chi connectivity index (χ3n) is 5.08. The molecular weight excluding hydrogens is 358 g/mol. The van der Waals surface area contributed by atoms with Crippen molar-refractivity contribution in [3.63, 3.8) is 0 Å². The van der Waals surface area contributed by atoms with Gasteiger partial charge in [-0.25, -0.2) is 0 Å². The third kappa shape index (κ3) is 4.44. The third-order valence-corrected chi connectivity index (χ3v) is 5.08. The molecule has 2 heterocycles. The standard InChI is InChI=1S/C20H29N5O3/c1-13(2)20(27)21-14(3)19-23-22-18-7-8-24(9-10-25(18)19)12-15-5-6-16(26)11-17(15)28-4/h5-6,11,13-14,26H,7-10,12H2,1-4H3,(H,21,27). The van der Waals surface area contributed by atoms with Crippen molar-refractivity contribution in [3.8, 4) is 11.5 Å². The average Bonchev–Trinajstić information content (AvgIpc) is 2.97. The zero-order valence-corrected chi connectivity index (χ0v) is 17.0. The first kappa shape index (κ1) is 20.1. The average molecular weight is 387 g/mol. The van der Waals surface area contributed by atoms with Crippen molar-refractivity contribution in [3.05, 3.63) is 35.4 Å². The molecule has 1 aliphatic heterocycles. The predicted molar refractivity (Wildman–Crippen MR) is 105 cm³/mol. The van der Waals surface area contributed by atoms with Crippen molar-refractivity contribution >= 4 is 5.91 Å². The maximum atomic E-state index is 12.0. The molecule has 1 unspecified atom stereocenters. The quantitative estimate of drug-likeness (QED) is 0.786. The van der Waals surface area contributed by atoms with Gasteiger partial charge in [0.05, 0.1) is 13.2 Å². The number of hydrogen-bond acceptors (Lipinski definition) is 6. The summed E-state index contributed by atoms with van der Waals surface area (Å²) in [6.45, 7) is 8.89. The number of aromatic nitrogens is 3. The highest BCUT2D eigenvalue weighted by Gasteiger charge is 2.23. The molecule has 1 aliphatic rings. The van der Waals surface area contributed by atoms with Crippen molar-refractivity contribution in [2.24, 2.45) is 5.92 Å². The minimum Gasteiger partial charge on any atom is -0.508 e. The summed E-state index contributed by atoms with van der Waals surface area (Å²) < 4.78 is 7.52. The molecule has 2 N–H and O–H groups in total. The van der Waals surface area contributed by atoms with Crippen LogP contribution >= 0.6 is 0 Å². The van der Waals surface area contributed by atoms with E-state index in [2.05, 4.69) is 25.0 Å². The molecule has 1 aromatic carbocycles. The Balaban J connectivity index is 1.69. The van der Waals surface area contributed by atoms with E-state index < -0.39 is 0 Å². The summed E-state index contributed by atoms with van der Waals surface area (Å²) in [5.41, 5.74) is 1.04. The molecular formula is C20H29N5O3. The largest absolute Gasteiger partial charge is 0.508 e. The monoisotopic (exact) mass is 387 g/mol. The highest BCUT2D eigenvalue weighted by Crippen LogP contribution is 2.26. The van der Waals surface area contributed by atoms with Gasteiger partial charge < -0.3 is 19.7 Å². The summed E-state index contributed by atoms with van der Waals surface area (Å²) in [6.07, 6.45) is 0.790. The summed E-state index contributed by atoms with van der Waals surface area (Å²) in [5.74, 6) is 2.58. The van der Waals surface area contributed by atoms with Gasteiger partial charge in [0.2, 0.25) is 5.91 Å². The zero-order valence-electron chi connectivity index (χ0n) is 17.0. The fourth-order valence-electron chi connectivity index (χ4n) is 3.42. The van der Waals surface area contributed by atoms with E-state index in [1.165, 1.54) is 0 Å². The van der Waals surface area contributed by atoms with Gasteiger partial charge in [0.15, 0.2) is 5.82 Å². The Morgan fingerprint density at radius 1 is 1.25 bits per heavy atom. The molecule has 28 heavy (non-hydrogen) atoms. The molecule has 8 nitrogen and oxygen atoms in total. The van der Waals surface area contributed by atoms with Gasteiger partial charge in [-0.3, -0.25) is 9.69 Å². The topological polar surface area (TPSA) is 92.5 Å². The minimum atomic E-state index is -0.181. The van der Waals surface area contributed by atoms with Crippen LogP contribution in [0.3, 0.4) is 0 Å². The summed E-state index contributed by atoms with van der Waals surface area (Å²) in [5, 5.41) is 21.3. The van der Waals surface area contributed by atoms with Gasteiger partial charge in [-0.1, -0.05) is 19.9 Å². The number of phenols is 1. The number of benzene rings is 1. The Labute approximate surface area is 165 Å². The van der Waals surface area contributed by atoms with Gasteiger partial charge in [-0.15, -0.1) is 10.2 Å². The van der Waals surface area contributed by atoms with E-state index in [4.69, 9.17) is 4.74 Å². The lowest BCUT2D eigenvalue weighted by Crippen LogP contribution is -2.32. The Morgan fingerprint density at radius 2 is 2.04 bits per heavy atom. The summed E-state index contributed by atoms with van der Waals surface area (Å²) in [4.78, 5) is 14.4. The van der Waals surface area contributed by atoms with Gasteiger partial charge in [0.1, 0.15) is 17.3 Å². The number of amides is 1. The fraction of sp³-hybridized carbons (Fsp3) is 0.550. The van der Waals surface area contributed by atoms with E-state index >= 15 is 0 Å². The van der Waals surface area contributed by atoms with Crippen LogP contribution in [-0.2, 0) is 24.3 Å². The first-order valence-corrected chi connectivity index (χ1v) is 9.69. The first-order valence-electron chi connectivity index (χ1n) is 9.69. The van der Waals surface area contributed by atoms with Crippen molar-refractivity contribution in [2.75, 3.05) is 20.2 Å². The fourth-order valence-corrected chi connectivity index (χ4v) is 3.42. The van der Waals surface area contributed by atoms with Crippen molar-refractivity contribution in [1.82, 2.24) is 25.0 Å². The van der Waals surface area contributed by atoms with Crippen LogP contribution in [0.1, 0.15) is 44.0 Å². The Morgan fingerprint density at radius 3 is 2.75 bits per heavy atom. The SMILES string of the molecule is COc1cc(O)ccc1CN1CCc2nnc(C(C)NC(=O)C(C)C)n2CC1. The number of methoxy groups -OCH3 is 1. The number of nitrogens with zero attached hydrogens (tertiary/aromatic N) is 4. The molecule has 1 aromatic heterocycles. The van der Waals surface area contributed by atoms with Crippen LogP contribution in [-0.4, -0.2) is 50.9 Å². The van der Waals surface area contributed by atoms with E-state index in [0.717, 1.165) is 49.8 Å². The molecule has 0 saturated carbocycles. The molecule has 1 atom stereocenters. The molecule has 152 valence electrons. The molecule has 0 radical (unpaired) electrons. The van der Waals surface area contributed by atoms with E-state index in [9.17, 15) is 9.90 Å². The van der Waals surface area contributed by atoms with Gasteiger partial charge in [-0.2, -0.15) is 0 Å². The molecule has 0 saturated heterocycles. The van der Waals surface area contributed by atoms with E-state index in [1.807, 2.05) is 26.8 Å². The molecule has 1 amide bonds. The van der Waals surface area contributed by atoms with Crippen molar-refractivity contribution < 1.29 is 14.6 Å². The number of aromatic hydroxyl groups is 1. The Hall–Kier alpha value is -2.61. The number of phenolic OH excluding ortho intramolecular Hbond substituents is 1. The zero-order chi connectivity index (χ0) is 20.3. The van der Waals surface area contributed by atoms with E-state index in [0.29, 0.717) is 5.75 Å². The number of carbonyl (C=O) groups excluding carboxylic acids is 1. The van der Waals surface area contributed by atoms with E-state index in [1.54, 1.807) is 19.2 Å². The van der Waals surface area contributed by atoms with E-state index in [-0.39, 0.29) is 23.6 Å². The van der Waals surface area contributed by atoms with Gasteiger partial charge in [0, 0.05) is 50.1 Å². The molecule has 2 aromatic rings. The van der Waals surface area contributed by atoms with Crippen LogP contribution in [0.2, 0.25) is 0 Å². The van der Waals surface area contributed by atoms with Crippen LogP contribution < -0.4 is 10.1 Å². The normalized spacial score (nSPS) is 15.8. The number of fused-ring (bicyclic) bond motifs is 1. The number of nitrogens with one attached hydrogen (secondary N) is 1. The maximum absolute atomic E-state index is 12.0. The molecule has 0 spiro atoms. The Kier molecular flexibility index (Phi) is 6.18. The highest BCUT2D eigenvalue weighted by molar-refractivity contribution is 5.78. The van der Waals surface area contributed by atoms with Gasteiger partial charge >= 0.3 is 0 Å². The van der Waals surface area contributed by atoms with Crippen LogP contribution in [0.5, 0.6) is 11.5 Å². The number of hydrogen-bond donors (Lipinski definition) is 2. The van der Waals surface area contributed by atoms with Crippen LogP contribution in [0.15, 0.2) is 18.2 Å². The molecule has 3 rings (SSSR count). The molecule has 0 bridgehead atoms. The molecule has 0 fully saturated rings. The van der Waals surface area contributed by atoms with Gasteiger partial charge in [-0.05, 0) is 13.0 Å². The Bertz CT molecular complexity index is 833. The summed E-state index contributed by atoms with van der Waals surface area (Å²) >= 11 is 0. The highest BCUT2D eigenvalue weighted by atomic mass is 16.5. The smallest absolute Gasteiger partial charge is 0.223 e. The second kappa shape index (κ2) is 8.60. The maximum Gasteiger partial charge on any atom is 0.223 e. The van der Waals surface area contributed by atoms with Crippen LogP contribution in [0.25, 0.3) is 0 Å². The second-order valence-electron chi connectivity index (χ2n) is 7.53. The summed E-state index contributed by atoms with van der Waals surface area (Å²) in [6, 6.07) is 5.04. The number of rotatable bonds is 6. The van der Waals surface area contributed by atoms with Crippen LogP contribution in [0, 0.1) is 5.92 Å². The summed E-state index contributed by atoms with van der Waals surface area (Å²) in [7, 11) is 1.61. The first-order chi connectivity index (χ1) is 13.4. The molecule has 8 heteroatoms. The van der Waals surface area contributed by atoms with Gasteiger partial charge in [0.25, 0.3) is 0 Å². The van der Waals surface area contributed by atoms with Crippen LogP contribution in [0.4, 0.5) is 0 Å². The lowest BCUT2D eigenvalue weighted by atomic mass is 10.1. The second-order valence-corrected chi connectivity index (χ2v) is 7.53. The lowest BCUT2D eigenvalue weighted by Gasteiger charge is -2.21. The predicted octanol–water partition coefficient (Wildman–Crippen LogP) is 1.88. The number of carbonyl (C=O) groups is 1. The number of ether oxygens (including phenoxy) is 1.